The maximum Gasteiger partial charge on any atom is 0.168 e. The Balaban J connectivity index is 0.000000616. The summed E-state index contributed by atoms with van der Waals surface area (Å²) in [4.78, 5) is 10.3. The summed E-state index contributed by atoms with van der Waals surface area (Å²) >= 11 is 0. The number of imidazole rings is 1. The summed E-state index contributed by atoms with van der Waals surface area (Å²) in [7, 11) is 1.00. The van der Waals surface area contributed by atoms with Crippen molar-refractivity contribution in [3.8, 4) is 22.9 Å². The number of aromatic nitrogens is 3. The molecule has 6 rings (SSSR count). The number of nitrogens with one attached hydrogen (secondary N) is 2. The Morgan fingerprint density at radius 3 is 2.37 bits per heavy atom. The van der Waals surface area contributed by atoms with Crippen LogP contribution in [0.4, 0.5) is 13.2 Å². The van der Waals surface area contributed by atoms with Gasteiger partial charge in [0, 0.05) is 53.6 Å². The first-order valence-electron chi connectivity index (χ1n) is 12.4. The fourth-order valence-corrected chi connectivity index (χ4v) is 4.00. The van der Waals surface area contributed by atoms with Crippen LogP contribution in [0.1, 0.15) is 48.9 Å². The molecule has 3 N–H and O–H groups in total. The van der Waals surface area contributed by atoms with E-state index in [9.17, 15) is 13.2 Å². The molecule has 0 saturated heterocycles. The number of halogens is 3. The second-order valence-electron chi connectivity index (χ2n) is 8.99. The molecule has 2 aromatic heterocycles. The van der Waals surface area contributed by atoms with Crippen LogP contribution in [0.2, 0.25) is 0 Å². The largest absolute Gasteiger partial charge is 0.454 e. The molecule has 1 fully saturated rings. The van der Waals surface area contributed by atoms with Crippen LogP contribution in [-0.2, 0) is 0 Å². The summed E-state index contributed by atoms with van der Waals surface area (Å²) in [6, 6.07) is 13.8. The quantitative estimate of drug-likeness (QED) is 0.219. The predicted octanol–water partition coefficient (Wildman–Crippen LogP) is 8.01. The average molecular weight is 522 g/mol. The average Bonchev–Trinajstić information content (AvgIpc) is 3.60. The molecule has 5 nitrogen and oxygen atoms in total. The number of ether oxygens (including phenoxy) is 1. The first-order chi connectivity index (χ1) is 18.4. The molecule has 198 valence electrons. The summed E-state index contributed by atoms with van der Waals surface area (Å²) in [5, 5.41) is 7.84. The maximum atomic E-state index is 14.7. The number of rotatable bonds is 5. The van der Waals surface area contributed by atoms with Gasteiger partial charge in [0.2, 0.25) is 0 Å². The van der Waals surface area contributed by atoms with Crippen LogP contribution in [0.25, 0.3) is 22.3 Å². The third-order valence-electron chi connectivity index (χ3n) is 6.21. The minimum absolute atomic E-state index is 0.0768. The highest BCUT2D eigenvalue weighted by Crippen LogP contribution is 2.35. The SMILES string of the molecule is C1CC1.CO.Cc1c(Oc2ccc(F)c(-c3ncc(C(C)c4ccccc4F)[nH]3)c2)c(F)cc2[nH]ccc12. The van der Waals surface area contributed by atoms with E-state index in [1.54, 1.807) is 37.5 Å². The molecule has 38 heavy (non-hydrogen) atoms. The molecular weight excluding hydrogens is 491 g/mol. The number of aliphatic hydroxyl groups excluding tert-OH is 1. The fraction of sp³-hybridized carbons (Fsp3) is 0.233. The van der Waals surface area contributed by atoms with Crippen LogP contribution in [0, 0.1) is 24.4 Å². The molecule has 8 heteroatoms. The third kappa shape index (κ3) is 5.92. The molecule has 0 bridgehead atoms. The fourth-order valence-electron chi connectivity index (χ4n) is 4.00. The number of nitrogens with zero attached hydrogens (tertiary/aromatic N) is 1. The summed E-state index contributed by atoms with van der Waals surface area (Å²) in [6.45, 7) is 3.61. The molecule has 0 amide bonds. The van der Waals surface area contributed by atoms with E-state index in [4.69, 9.17) is 9.84 Å². The van der Waals surface area contributed by atoms with E-state index in [-0.39, 0.29) is 34.6 Å². The maximum absolute atomic E-state index is 14.7. The standard InChI is InChI=1S/C26H20F3N3O.C3H6.CH4O/c1-14(17-5-3-4-6-20(17)27)24-13-31-26(32-24)19-11-16(7-8-21(19)28)33-25-15(2)18-9-10-30-23(18)12-22(25)29;1-2-3-1;1-2/h3-14,30H,1-2H3,(H,31,32);1-3H2;2H,1H3. The van der Waals surface area contributed by atoms with E-state index in [0.29, 0.717) is 22.3 Å². The van der Waals surface area contributed by atoms with Crippen LogP contribution in [0.5, 0.6) is 11.5 Å². The first-order valence-corrected chi connectivity index (χ1v) is 12.4. The highest BCUT2D eigenvalue weighted by Gasteiger charge is 2.19. The van der Waals surface area contributed by atoms with Gasteiger partial charge in [-0.3, -0.25) is 0 Å². The van der Waals surface area contributed by atoms with E-state index >= 15 is 0 Å². The van der Waals surface area contributed by atoms with Crippen molar-refractivity contribution in [2.75, 3.05) is 7.11 Å². The topological polar surface area (TPSA) is 73.9 Å². The summed E-state index contributed by atoms with van der Waals surface area (Å²) in [6.07, 6.45) is 7.79. The molecule has 1 saturated carbocycles. The summed E-state index contributed by atoms with van der Waals surface area (Å²) < 4.78 is 49.3. The van der Waals surface area contributed by atoms with Gasteiger partial charge in [-0.2, -0.15) is 0 Å². The molecule has 2 heterocycles. The summed E-state index contributed by atoms with van der Waals surface area (Å²) in [5.41, 5.74) is 2.62. The normalized spacial score (nSPS) is 12.7. The lowest BCUT2D eigenvalue weighted by atomic mass is 9.98. The van der Waals surface area contributed by atoms with E-state index in [1.165, 1.54) is 49.6 Å². The van der Waals surface area contributed by atoms with Gasteiger partial charge in [-0.15, -0.1) is 0 Å². The van der Waals surface area contributed by atoms with Gasteiger partial charge in [0.15, 0.2) is 11.6 Å². The van der Waals surface area contributed by atoms with Crippen molar-refractivity contribution in [3.05, 3.63) is 101 Å². The van der Waals surface area contributed by atoms with E-state index in [1.807, 2.05) is 13.0 Å². The van der Waals surface area contributed by atoms with Gasteiger partial charge in [-0.25, -0.2) is 18.2 Å². The minimum Gasteiger partial charge on any atom is -0.454 e. The molecule has 0 spiro atoms. The lowest BCUT2D eigenvalue weighted by molar-refractivity contribution is 0.399. The first kappa shape index (κ1) is 27.0. The number of benzene rings is 3. The van der Waals surface area contributed by atoms with Crippen LogP contribution in [0.15, 0.2) is 67.0 Å². The number of hydrogen-bond acceptors (Lipinski definition) is 3. The lowest BCUT2D eigenvalue weighted by Gasteiger charge is -2.12. The Bertz CT molecular complexity index is 1520. The highest BCUT2D eigenvalue weighted by molar-refractivity contribution is 5.85. The van der Waals surface area contributed by atoms with E-state index in [2.05, 4.69) is 15.0 Å². The number of H-pyrrole nitrogens is 2. The Morgan fingerprint density at radius 1 is 0.921 bits per heavy atom. The van der Waals surface area contributed by atoms with Gasteiger partial charge in [0.1, 0.15) is 23.2 Å². The van der Waals surface area contributed by atoms with Gasteiger partial charge < -0.3 is 19.8 Å². The zero-order valence-corrected chi connectivity index (χ0v) is 21.5. The molecule has 1 unspecified atom stereocenters. The molecule has 0 radical (unpaired) electrons. The zero-order valence-electron chi connectivity index (χ0n) is 21.5. The van der Waals surface area contributed by atoms with Crippen molar-refractivity contribution >= 4 is 10.9 Å². The Labute approximate surface area is 219 Å². The van der Waals surface area contributed by atoms with Crippen molar-refractivity contribution in [3.63, 3.8) is 0 Å². The van der Waals surface area contributed by atoms with Crippen LogP contribution in [0.3, 0.4) is 0 Å². The molecule has 1 aliphatic rings. The smallest absolute Gasteiger partial charge is 0.168 e. The monoisotopic (exact) mass is 521 g/mol. The second-order valence-corrected chi connectivity index (χ2v) is 8.99. The van der Waals surface area contributed by atoms with Crippen molar-refractivity contribution in [1.82, 2.24) is 15.0 Å². The molecule has 1 atom stereocenters. The number of aromatic amines is 2. The van der Waals surface area contributed by atoms with Gasteiger partial charge in [-0.1, -0.05) is 44.4 Å². The molecule has 5 aromatic rings. The highest BCUT2D eigenvalue weighted by atomic mass is 19.1. The second kappa shape index (κ2) is 12.0. The van der Waals surface area contributed by atoms with Crippen molar-refractivity contribution in [2.45, 2.75) is 39.0 Å². The van der Waals surface area contributed by atoms with Gasteiger partial charge >= 0.3 is 0 Å². The van der Waals surface area contributed by atoms with Crippen molar-refractivity contribution in [1.29, 1.82) is 0 Å². The Morgan fingerprint density at radius 2 is 1.66 bits per heavy atom. The minimum atomic E-state index is -0.521. The molecule has 3 aromatic carbocycles. The summed E-state index contributed by atoms with van der Waals surface area (Å²) in [5.74, 6) is -1.04. The zero-order chi connectivity index (χ0) is 27.2. The number of aryl methyl sites for hydroxylation is 1. The number of fused-ring (bicyclic) bond motifs is 1. The van der Waals surface area contributed by atoms with Gasteiger partial charge in [-0.05, 0) is 42.8 Å². The van der Waals surface area contributed by atoms with Crippen LogP contribution >= 0.6 is 0 Å². The van der Waals surface area contributed by atoms with Gasteiger partial charge in [0.05, 0.1) is 5.56 Å². The van der Waals surface area contributed by atoms with Crippen molar-refractivity contribution in [2.24, 2.45) is 0 Å². The Hall–Kier alpha value is -4.04. The molecule has 1 aliphatic carbocycles. The van der Waals surface area contributed by atoms with E-state index in [0.717, 1.165) is 12.5 Å². The predicted molar refractivity (Wildman–Crippen MR) is 143 cm³/mol. The Kier molecular flexibility index (Phi) is 8.53. The number of aliphatic hydroxyl groups is 1. The van der Waals surface area contributed by atoms with Crippen LogP contribution < -0.4 is 4.74 Å². The molecule has 0 aliphatic heterocycles. The number of hydrogen-bond donors (Lipinski definition) is 3. The van der Waals surface area contributed by atoms with E-state index < -0.39 is 11.6 Å². The van der Waals surface area contributed by atoms with Gasteiger partial charge in [0.25, 0.3) is 0 Å². The van der Waals surface area contributed by atoms with Crippen molar-refractivity contribution < 1.29 is 23.0 Å². The van der Waals surface area contributed by atoms with Crippen LogP contribution in [-0.4, -0.2) is 27.2 Å². The lowest BCUT2D eigenvalue weighted by Crippen LogP contribution is -1.99. The molecular formula is C30H30F3N3O2. The third-order valence-corrected chi connectivity index (χ3v) is 6.21.